The summed E-state index contributed by atoms with van der Waals surface area (Å²) in [4.78, 5) is 16.0. The Labute approximate surface area is 178 Å². The predicted molar refractivity (Wildman–Crippen MR) is 106 cm³/mol. The first-order chi connectivity index (χ1) is 14.2. The Hall–Kier alpha value is -2.84. The number of aldehydes is 1. The highest BCUT2D eigenvalue weighted by Crippen LogP contribution is 2.39. The van der Waals surface area contributed by atoms with Crippen LogP contribution in [0.15, 0.2) is 47.5 Å². The van der Waals surface area contributed by atoms with Crippen LogP contribution in [0, 0.1) is 6.92 Å². The van der Waals surface area contributed by atoms with Crippen LogP contribution in [-0.4, -0.2) is 22.0 Å². The van der Waals surface area contributed by atoms with E-state index in [0.29, 0.717) is 28.1 Å². The molecular formula is C20H12Cl2F3N3O2. The van der Waals surface area contributed by atoms with Crippen molar-refractivity contribution in [1.29, 1.82) is 0 Å². The lowest BCUT2D eigenvalue weighted by Gasteiger charge is -2.24. The molecule has 0 saturated heterocycles. The number of hydrogen-bond donors (Lipinski definition) is 0. The summed E-state index contributed by atoms with van der Waals surface area (Å²) < 4.78 is 46.8. The smallest absolute Gasteiger partial charge is 0.435 e. The molecule has 10 heteroatoms. The fraction of sp³-hybridized carbons (Fsp3) is 0.150. The number of carbonyl (C=O) groups is 1. The molecule has 0 bridgehead atoms. The maximum Gasteiger partial charge on any atom is 0.435 e. The lowest BCUT2D eigenvalue weighted by atomic mass is 10.0. The van der Waals surface area contributed by atoms with Crippen LogP contribution in [0.2, 0.25) is 10.0 Å². The van der Waals surface area contributed by atoms with Crippen molar-refractivity contribution in [2.45, 2.75) is 19.2 Å². The van der Waals surface area contributed by atoms with E-state index in [2.05, 4.69) is 10.1 Å². The van der Waals surface area contributed by atoms with Crippen LogP contribution in [0.5, 0.6) is 0 Å². The highest BCUT2D eigenvalue weighted by atomic mass is 35.5. The molecule has 5 nitrogen and oxygen atoms in total. The number of ether oxygens (including phenoxy) is 1. The van der Waals surface area contributed by atoms with Crippen molar-refractivity contribution in [2.24, 2.45) is 4.99 Å². The Morgan fingerprint density at radius 1 is 1.17 bits per heavy atom. The zero-order valence-corrected chi connectivity index (χ0v) is 16.8. The molecule has 0 saturated carbocycles. The molecule has 0 amide bonds. The number of halogens is 5. The normalized spacial score (nSPS) is 15.9. The van der Waals surface area contributed by atoms with Gasteiger partial charge in [-0.3, -0.25) is 4.79 Å². The molecule has 2 aromatic carbocycles. The van der Waals surface area contributed by atoms with Crippen LogP contribution in [-0.2, 0) is 15.7 Å². The second-order valence-corrected chi connectivity index (χ2v) is 7.37. The number of fused-ring (bicyclic) bond motifs is 1. The molecule has 1 aromatic heterocycles. The Kier molecular flexibility index (Phi) is 5.07. The summed E-state index contributed by atoms with van der Waals surface area (Å²) in [6, 6.07) is 10.3. The molecular weight excluding hydrogens is 442 g/mol. The van der Waals surface area contributed by atoms with Gasteiger partial charge in [0.15, 0.2) is 18.1 Å². The van der Waals surface area contributed by atoms with Crippen molar-refractivity contribution in [3.8, 4) is 5.69 Å². The van der Waals surface area contributed by atoms with Crippen molar-refractivity contribution in [1.82, 2.24) is 9.78 Å². The number of nitrogens with zero attached hydrogens (tertiary/aromatic N) is 3. The lowest BCUT2D eigenvalue weighted by Crippen LogP contribution is -2.21. The second kappa shape index (κ2) is 7.45. The highest BCUT2D eigenvalue weighted by Gasteiger charge is 2.37. The SMILES string of the molecule is Cc1cc(Cl)cc2c1N=C(c1cc(C(F)(F)F)nn1-c1ccccc1Cl)OC2C=O. The third kappa shape index (κ3) is 3.57. The molecule has 1 aliphatic heterocycles. The summed E-state index contributed by atoms with van der Waals surface area (Å²) in [5.74, 6) is -0.187. The molecule has 0 spiro atoms. The summed E-state index contributed by atoms with van der Waals surface area (Å²) >= 11 is 12.2. The minimum atomic E-state index is -4.71. The molecule has 3 aromatic rings. The number of carbonyl (C=O) groups excluding carboxylic acids is 1. The number of hydrogen-bond acceptors (Lipinski definition) is 4. The molecule has 0 radical (unpaired) electrons. The van der Waals surface area contributed by atoms with Crippen LogP contribution in [0.4, 0.5) is 18.9 Å². The Morgan fingerprint density at radius 2 is 1.90 bits per heavy atom. The number of rotatable bonds is 3. The second-order valence-electron chi connectivity index (χ2n) is 6.53. The van der Waals surface area contributed by atoms with E-state index in [1.54, 1.807) is 25.1 Å². The Morgan fingerprint density at radius 3 is 2.57 bits per heavy atom. The predicted octanol–water partition coefficient (Wildman–Crippen LogP) is 5.85. The van der Waals surface area contributed by atoms with Crippen molar-refractivity contribution < 1.29 is 22.7 Å². The standard InChI is InChI=1S/C20H12Cl2F3N3O2/c1-10-6-11(21)7-12-16(9-29)30-19(26-18(10)12)15-8-17(20(23,24)25)27-28(15)14-5-3-2-4-13(14)22/h2-9,16H,1H3. The number of benzene rings is 2. The van der Waals surface area contributed by atoms with Crippen LogP contribution in [0.25, 0.3) is 5.69 Å². The molecule has 4 rings (SSSR count). The monoisotopic (exact) mass is 453 g/mol. The van der Waals surface area contributed by atoms with Crippen LogP contribution in [0.1, 0.15) is 28.6 Å². The van der Waals surface area contributed by atoms with Gasteiger partial charge in [0, 0.05) is 16.7 Å². The molecule has 0 fully saturated rings. The van der Waals surface area contributed by atoms with E-state index in [4.69, 9.17) is 27.9 Å². The first-order valence-corrected chi connectivity index (χ1v) is 9.38. The van der Waals surface area contributed by atoms with Gasteiger partial charge >= 0.3 is 6.18 Å². The largest absolute Gasteiger partial charge is 0.460 e. The first kappa shape index (κ1) is 20.4. The third-order valence-electron chi connectivity index (χ3n) is 4.48. The third-order valence-corrected chi connectivity index (χ3v) is 5.01. The number of aryl methyl sites for hydroxylation is 1. The molecule has 0 aliphatic carbocycles. The fourth-order valence-corrected chi connectivity index (χ4v) is 3.64. The summed E-state index contributed by atoms with van der Waals surface area (Å²) in [5, 5.41) is 4.24. The zero-order chi connectivity index (χ0) is 21.6. The van der Waals surface area contributed by atoms with Gasteiger partial charge < -0.3 is 4.74 Å². The van der Waals surface area contributed by atoms with E-state index in [9.17, 15) is 18.0 Å². The average Bonchev–Trinajstić information content (AvgIpc) is 3.13. The van der Waals surface area contributed by atoms with Gasteiger partial charge in [0.05, 0.1) is 16.4 Å². The molecule has 154 valence electrons. The molecule has 1 atom stereocenters. The summed E-state index contributed by atoms with van der Waals surface area (Å²) in [6.45, 7) is 1.73. The minimum absolute atomic E-state index is 0.0951. The summed E-state index contributed by atoms with van der Waals surface area (Å²) in [7, 11) is 0. The van der Waals surface area contributed by atoms with Gasteiger partial charge in [-0.1, -0.05) is 35.3 Å². The van der Waals surface area contributed by atoms with Gasteiger partial charge in [0.1, 0.15) is 5.69 Å². The molecule has 30 heavy (non-hydrogen) atoms. The van der Waals surface area contributed by atoms with E-state index in [0.717, 1.165) is 10.7 Å². The molecule has 0 N–H and O–H groups in total. The van der Waals surface area contributed by atoms with Crippen molar-refractivity contribution in [2.75, 3.05) is 0 Å². The van der Waals surface area contributed by atoms with Crippen molar-refractivity contribution in [3.05, 3.63) is 75.0 Å². The topological polar surface area (TPSA) is 56.5 Å². The number of para-hydroxylation sites is 1. The van der Waals surface area contributed by atoms with Gasteiger partial charge in [0.2, 0.25) is 5.90 Å². The van der Waals surface area contributed by atoms with Gasteiger partial charge in [0.25, 0.3) is 0 Å². The first-order valence-electron chi connectivity index (χ1n) is 8.62. The quantitative estimate of drug-likeness (QED) is 0.467. The van der Waals surface area contributed by atoms with E-state index < -0.39 is 18.0 Å². The number of alkyl halides is 3. The van der Waals surface area contributed by atoms with Crippen molar-refractivity contribution >= 4 is 41.1 Å². The van der Waals surface area contributed by atoms with E-state index in [1.807, 2.05) is 0 Å². The van der Waals surface area contributed by atoms with Gasteiger partial charge in [-0.25, -0.2) is 9.67 Å². The maximum atomic E-state index is 13.4. The summed E-state index contributed by atoms with van der Waals surface area (Å²) in [6.07, 6.45) is -5.26. The number of aliphatic imine (C=N–C) groups is 1. The molecule has 1 aliphatic rings. The van der Waals surface area contributed by atoms with Crippen LogP contribution >= 0.6 is 23.2 Å². The zero-order valence-electron chi connectivity index (χ0n) is 15.2. The van der Waals surface area contributed by atoms with Crippen molar-refractivity contribution in [3.63, 3.8) is 0 Å². The Balaban J connectivity index is 1.96. The van der Waals surface area contributed by atoms with Crippen LogP contribution < -0.4 is 0 Å². The Bertz CT molecular complexity index is 1190. The molecule has 2 heterocycles. The van der Waals surface area contributed by atoms with Gasteiger partial charge in [-0.15, -0.1) is 0 Å². The summed E-state index contributed by atoms with van der Waals surface area (Å²) in [5.41, 5.74) is 0.436. The molecule has 1 unspecified atom stereocenters. The highest BCUT2D eigenvalue weighted by molar-refractivity contribution is 6.32. The minimum Gasteiger partial charge on any atom is -0.460 e. The fourth-order valence-electron chi connectivity index (χ4n) is 3.14. The number of aromatic nitrogens is 2. The maximum absolute atomic E-state index is 13.4. The van der Waals surface area contributed by atoms with E-state index in [1.165, 1.54) is 18.2 Å². The lowest BCUT2D eigenvalue weighted by molar-refractivity contribution is -0.141. The van der Waals surface area contributed by atoms with Gasteiger partial charge in [-0.05, 0) is 36.8 Å². The average molecular weight is 454 g/mol. The van der Waals surface area contributed by atoms with E-state index >= 15 is 0 Å². The van der Waals surface area contributed by atoms with Gasteiger partial charge in [-0.2, -0.15) is 18.3 Å². The van der Waals surface area contributed by atoms with E-state index in [-0.39, 0.29) is 22.3 Å². The van der Waals surface area contributed by atoms with Crippen LogP contribution in [0.3, 0.4) is 0 Å².